The zero-order valence-electron chi connectivity index (χ0n) is 29.0. The van der Waals surface area contributed by atoms with Crippen LogP contribution in [-0.4, -0.2) is 83.9 Å². The fourth-order valence-electron chi connectivity index (χ4n) is 7.01. The molecule has 6 amide bonds. The minimum atomic E-state index is -1.11. The van der Waals surface area contributed by atoms with Gasteiger partial charge in [-0.05, 0) is 73.5 Å². The van der Waals surface area contributed by atoms with Crippen LogP contribution in [0.25, 0.3) is 0 Å². The number of hydrogen-bond acceptors (Lipinski definition) is 7. The molecule has 13 heteroatoms. The molecule has 1 saturated carbocycles. The molecule has 49 heavy (non-hydrogen) atoms. The largest absolute Gasteiger partial charge is 0.447 e. The highest BCUT2D eigenvalue weighted by atomic mass is 16.5. The van der Waals surface area contributed by atoms with Crippen LogP contribution in [0, 0.1) is 23.2 Å². The first-order valence-electron chi connectivity index (χ1n) is 17.3. The minimum Gasteiger partial charge on any atom is -0.447 e. The molecular weight excluding hydrogens is 628 g/mol. The molecular formula is C36H50N6O7. The molecule has 1 aromatic carbocycles. The SMILES string of the molecule is CC(C)NC(=O)OCC(NC(=O)NC(C(=O)N1CC2=CC[C@@H]2C1C(=O)NC(CC1CC1)C(=O)C(N)=O)C1Cc2ccccc2C1)C(C)(C)C. The summed E-state index contributed by atoms with van der Waals surface area (Å²) in [4.78, 5) is 80.4. The molecule has 1 heterocycles. The second-order valence-corrected chi connectivity index (χ2v) is 15.3. The van der Waals surface area contributed by atoms with Gasteiger partial charge in [-0.25, -0.2) is 9.59 Å². The first-order chi connectivity index (χ1) is 23.1. The van der Waals surface area contributed by atoms with Crippen molar-refractivity contribution in [3.63, 3.8) is 0 Å². The van der Waals surface area contributed by atoms with Gasteiger partial charge in [0.2, 0.25) is 17.6 Å². The van der Waals surface area contributed by atoms with Gasteiger partial charge in [0.05, 0.1) is 12.1 Å². The van der Waals surface area contributed by atoms with Gasteiger partial charge in [0.1, 0.15) is 18.7 Å². The molecule has 2 fully saturated rings. The lowest BCUT2D eigenvalue weighted by Gasteiger charge is -2.35. The zero-order chi connectivity index (χ0) is 35.6. The number of Topliss-reactive ketones (excluding diaryl/α,β-unsaturated/α-hetero) is 1. The molecule has 0 aromatic heterocycles. The first kappa shape index (κ1) is 35.9. The van der Waals surface area contributed by atoms with Crippen molar-refractivity contribution in [1.82, 2.24) is 26.2 Å². The summed E-state index contributed by atoms with van der Waals surface area (Å²) in [5, 5.41) is 11.3. The first-order valence-corrected chi connectivity index (χ1v) is 17.3. The Morgan fingerprint density at radius 3 is 2.14 bits per heavy atom. The summed E-state index contributed by atoms with van der Waals surface area (Å²) >= 11 is 0. The van der Waals surface area contributed by atoms with E-state index in [1.165, 1.54) is 4.90 Å². The Morgan fingerprint density at radius 2 is 1.61 bits per heavy atom. The highest BCUT2D eigenvalue weighted by Crippen LogP contribution is 2.41. The highest BCUT2D eigenvalue weighted by Gasteiger charge is 2.51. The third-order valence-electron chi connectivity index (χ3n) is 10.1. The smallest absolute Gasteiger partial charge is 0.407 e. The highest BCUT2D eigenvalue weighted by molar-refractivity contribution is 6.37. The fraction of sp³-hybridized carbons (Fsp3) is 0.611. The molecule has 13 nitrogen and oxygen atoms in total. The van der Waals surface area contributed by atoms with Crippen LogP contribution in [0.5, 0.6) is 0 Å². The third kappa shape index (κ3) is 8.60. The van der Waals surface area contributed by atoms with Crippen LogP contribution >= 0.6 is 0 Å². The Labute approximate surface area is 287 Å². The van der Waals surface area contributed by atoms with E-state index >= 15 is 0 Å². The van der Waals surface area contributed by atoms with Crippen molar-refractivity contribution in [1.29, 1.82) is 0 Å². The number of likely N-dealkylation sites (tertiary alicyclic amines) is 1. The van der Waals surface area contributed by atoms with Gasteiger partial charge in [-0.1, -0.05) is 64.0 Å². The van der Waals surface area contributed by atoms with Gasteiger partial charge in [0, 0.05) is 18.5 Å². The average molecular weight is 679 g/mol. The fourth-order valence-corrected chi connectivity index (χ4v) is 7.01. The van der Waals surface area contributed by atoms with Crippen molar-refractivity contribution >= 4 is 35.6 Å². The van der Waals surface area contributed by atoms with E-state index in [1.54, 1.807) is 0 Å². The Balaban J connectivity index is 1.36. The number of nitrogens with one attached hydrogen (secondary N) is 4. The zero-order valence-corrected chi connectivity index (χ0v) is 29.0. The lowest BCUT2D eigenvalue weighted by atomic mass is 9.82. The average Bonchev–Trinajstić information content (AvgIpc) is 3.65. The Bertz CT molecular complexity index is 1490. The number of amides is 6. The topological polar surface area (TPSA) is 189 Å². The van der Waals surface area contributed by atoms with Crippen LogP contribution in [0.1, 0.15) is 71.4 Å². The summed E-state index contributed by atoms with van der Waals surface area (Å²) in [6.07, 6.45) is 5.26. The molecule has 266 valence electrons. The third-order valence-corrected chi connectivity index (χ3v) is 10.1. The second kappa shape index (κ2) is 14.6. The van der Waals surface area contributed by atoms with E-state index in [0.717, 1.165) is 29.5 Å². The Morgan fingerprint density at radius 1 is 0.959 bits per heavy atom. The van der Waals surface area contributed by atoms with Gasteiger partial charge in [0.25, 0.3) is 5.91 Å². The maximum atomic E-state index is 14.6. The normalized spacial score (nSPS) is 21.7. The van der Waals surface area contributed by atoms with Gasteiger partial charge in [-0.2, -0.15) is 0 Å². The second-order valence-electron chi connectivity index (χ2n) is 15.3. The van der Waals surface area contributed by atoms with Crippen LogP contribution in [0.4, 0.5) is 9.59 Å². The number of rotatable bonds is 13. The summed E-state index contributed by atoms with van der Waals surface area (Å²) in [6, 6.07) is 3.68. The Hall–Kier alpha value is -4.42. The summed E-state index contributed by atoms with van der Waals surface area (Å²) in [5.74, 6) is -3.13. The van der Waals surface area contributed by atoms with E-state index in [4.69, 9.17) is 10.5 Å². The molecule has 0 spiro atoms. The molecule has 1 aromatic rings. The maximum absolute atomic E-state index is 14.6. The van der Waals surface area contributed by atoms with Crippen LogP contribution in [0.3, 0.4) is 0 Å². The van der Waals surface area contributed by atoms with Gasteiger partial charge in [-0.15, -0.1) is 0 Å². The number of alkyl carbamates (subject to hydrolysis) is 1. The lowest BCUT2D eigenvalue weighted by molar-refractivity contribution is -0.143. The quantitative estimate of drug-likeness (QED) is 0.156. The number of urea groups is 1. The minimum absolute atomic E-state index is 0.0841. The van der Waals surface area contributed by atoms with Gasteiger partial charge in [0.15, 0.2) is 0 Å². The van der Waals surface area contributed by atoms with Crippen molar-refractivity contribution in [3.05, 3.63) is 47.0 Å². The lowest BCUT2D eigenvalue weighted by Crippen LogP contribution is -2.61. The van der Waals surface area contributed by atoms with Crippen LogP contribution in [0.2, 0.25) is 0 Å². The van der Waals surface area contributed by atoms with E-state index < -0.39 is 65.2 Å². The van der Waals surface area contributed by atoms with Gasteiger partial charge >= 0.3 is 12.1 Å². The summed E-state index contributed by atoms with van der Waals surface area (Å²) < 4.78 is 5.41. The van der Waals surface area contributed by atoms with Crippen molar-refractivity contribution in [2.24, 2.45) is 28.9 Å². The van der Waals surface area contributed by atoms with Gasteiger partial charge < -0.3 is 36.6 Å². The Kier molecular flexibility index (Phi) is 10.7. The summed E-state index contributed by atoms with van der Waals surface area (Å²) in [6.45, 7) is 9.50. The van der Waals surface area contributed by atoms with Gasteiger partial charge in [-0.3, -0.25) is 19.2 Å². The van der Waals surface area contributed by atoms with E-state index in [0.29, 0.717) is 25.7 Å². The van der Waals surface area contributed by atoms with Crippen molar-refractivity contribution in [2.75, 3.05) is 13.2 Å². The van der Waals surface area contributed by atoms with Crippen molar-refractivity contribution in [3.8, 4) is 0 Å². The van der Waals surface area contributed by atoms with E-state index in [-0.39, 0.29) is 36.9 Å². The number of nitrogens with two attached hydrogens (primary N) is 1. The number of benzene rings is 1. The molecule has 0 bridgehead atoms. The molecule has 0 radical (unpaired) electrons. The predicted octanol–water partition coefficient (Wildman–Crippen LogP) is 2.11. The predicted molar refractivity (Wildman–Crippen MR) is 181 cm³/mol. The molecule has 5 atom stereocenters. The molecule has 4 unspecified atom stereocenters. The molecule has 6 N–H and O–H groups in total. The van der Waals surface area contributed by atoms with E-state index in [2.05, 4.69) is 21.3 Å². The summed E-state index contributed by atoms with van der Waals surface area (Å²) in [7, 11) is 0. The van der Waals surface area contributed by atoms with Crippen LogP contribution < -0.4 is 27.0 Å². The number of fused-ring (bicyclic) bond motifs is 2. The number of allylic oxidation sites excluding steroid dienone is 1. The standard InChI is InChI=1S/C36H50N6O7/c1-19(2)38-35(48)49-18-27(36(3,4)5)40-34(47)41-28(24-15-21-8-6-7-9-22(21)16-24)33(46)42-17-23-12-13-25(23)29(42)32(45)39-26(14-20-10-11-20)30(43)31(37)44/h6-9,12,19-20,24-29H,10-11,13-18H2,1-5H3,(H2,37,44)(H,38,48)(H,39,45)(H2,40,41,47)/t25-,26?,27?,28?,29?/m0/s1. The molecule has 1 saturated heterocycles. The van der Waals surface area contributed by atoms with Crippen LogP contribution in [0.15, 0.2) is 35.9 Å². The number of carbonyl (C=O) groups excluding carboxylic acids is 6. The van der Waals surface area contributed by atoms with E-state index in [9.17, 15) is 28.8 Å². The number of hydrogen-bond donors (Lipinski definition) is 5. The molecule has 3 aliphatic carbocycles. The number of ketones is 1. The number of carbonyl (C=O) groups is 6. The number of nitrogens with zero attached hydrogens (tertiary/aromatic N) is 1. The van der Waals surface area contributed by atoms with Crippen molar-refractivity contribution < 1.29 is 33.5 Å². The molecule has 4 aliphatic rings. The van der Waals surface area contributed by atoms with Crippen molar-refractivity contribution in [2.45, 2.75) is 103 Å². The number of ether oxygens (including phenoxy) is 1. The number of primary amides is 1. The maximum Gasteiger partial charge on any atom is 0.407 e. The monoisotopic (exact) mass is 678 g/mol. The molecule has 1 aliphatic heterocycles. The van der Waals surface area contributed by atoms with Crippen LogP contribution in [-0.2, 0) is 36.8 Å². The molecule has 5 rings (SSSR count). The van der Waals surface area contributed by atoms with E-state index in [1.807, 2.05) is 65.0 Å². The summed E-state index contributed by atoms with van der Waals surface area (Å²) in [5.41, 5.74) is 7.96.